The molecule has 7 heteroatoms. The Kier molecular flexibility index (Phi) is 3.58. The number of hydrogen-bond donors (Lipinski definition) is 2. The quantitative estimate of drug-likeness (QED) is 0.770. The van der Waals surface area contributed by atoms with E-state index in [2.05, 4.69) is 0 Å². The van der Waals surface area contributed by atoms with Gasteiger partial charge in [-0.25, -0.2) is 9.18 Å². The molecule has 0 aliphatic carbocycles. The van der Waals surface area contributed by atoms with Crippen molar-refractivity contribution in [1.29, 1.82) is 0 Å². The Balaban J connectivity index is 2.57. The van der Waals surface area contributed by atoms with Crippen molar-refractivity contribution in [3.63, 3.8) is 0 Å². The van der Waals surface area contributed by atoms with Crippen molar-refractivity contribution in [2.45, 2.75) is 26.4 Å². The van der Waals surface area contributed by atoms with Crippen molar-refractivity contribution >= 4 is 29.6 Å². The van der Waals surface area contributed by atoms with Crippen LogP contribution in [0.3, 0.4) is 0 Å². The fourth-order valence-corrected chi connectivity index (χ4v) is 1.90. The number of carbonyl (C=O) groups excluding carboxylic acids is 1. The third-order valence-electron chi connectivity index (χ3n) is 2.67. The third kappa shape index (κ3) is 2.83. The first kappa shape index (κ1) is 14.6. The molecule has 0 aliphatic heterocycles. The fraction of sp³-hybridized carbons (Fsp3) is 0.308. The Morgan fingerprint density at radius 3 is 2.55 bits per heavy atom. The summed E-state index contributed by atoms with van der Waals surface area (Å²) < 4.78 is 19.6. The lowest BCUT2D eigenvalue weighted by Crippen LogP contribution is -2.30. The highest BCUT2D eigenvalue weighted by molar-refractivity contribution is 6.62. The van der Waals surface area contributed by atoms with E-state index in [1.807, 2.05) is 0 Å². The monoisotopic (exact) mass is 279 g/mol. The Morgan fingerprint density at radius 1 is 1.35 bits per heavy atom. The van der Waals surface area contributed by atoms with Gasteiger partial charge in [0.25, 0.3) is 0 Å². The van der Waals surface area contributed by atoms with Crippen LogP contribution in [0, 0.1) is 5.82 Å². The minimum Gasteiger partial charge on any atom is -0.443 e. The van der Waals surface area contributed by atoms with Crippen molar-refractivity contribution in [3.05, 3.63) is 30.2 Å². The summed E-state index contributed by atoms with van der Waals surface area (Å²) in [5.74, 6) is -0.527. The normalized spacial score (nSPS) is 11.7. The number of fused-ring (bicyclic) bond motifs is 1. The highest BCUT2D eigenvalue weighted by atomic mass is 19.1. The number of hydrogen-bond acceptors (Lipinski definition) is 4. The highest BCUT2D eigenvalue weighted by Gasteiger charge is 2.24. The standard InChI is InChI=1S/C13H15BFNO4/c1-13(2,3)20-12(17)16-7-10(14(18)19)9-6-8(15)4-5-11(9)16/h4-7,18-19H,1-3H3. The summed E-state index contributed by atoms with van der Waals surface area (Å²) in [4.78, 5) is 12.1. The van der Waals surface area contributed by atoms with E-state index in [9.17, 15) is 19.2 Å². The van der Waals surface area contributed by atoms with Gasteiger partial charge in [-0.3, -0.25) is 4.57 Å². The van der Waals surface area contributed by atoms with E-state index in [0.29, 0.717) is 5.52 Å². The third-order valence-corrected chi connectivity index (χ3v) is 2.67. The lowest BCUT2D eigenvalue weighted by molar-refractivity contribution is 0.0544. The van der Waals surface area contributed by atoms with Gasteiger partial charge in [0.1, 0.15) is 11.4 Å². The summed E-state index contributed by atoms with van der Waals surface area (Å²) in [5, 5.41) is 18.9. The van der Waals surface area contributed by atoms with Crippen molar-refractivity contribution in [3.8, 4) is 0 Å². The highest BCUT2D eigenvalue weighted by Crippen LogP contribution is 2.18. The second kappa shape index (κ2) is 4.92. The molecule has 20 heavy (non-hydrogen) atoms. The molecule has 0 radical (unpaired) electrons. The molecule has 2 rings (SSSR count). The smallest absolute Gasteiger partial charge is 0.443 e. The van der Waals surface area contributed by atoms with Crippen molar-refractivity contribution in [1.82, 2.24) is 4.57 Å². The van der Waals surface area contributed by atoms with E-state index >= 15 is 0 Å². The maximum atomic E-state index is 13.3. The maximum Gasteiger partial charge on any atom is 0.490 e. The summed E-state index contributed by atoms with van der Waals surface area (Å²) in [6.07, 6.45) is 0.573. The summed E-state index contributed by atoms with van der Waals surface area (Å²) in [6, 6.07) is 3.72. The zero-order valence-corrected chi connectivity index (χ0v) is 11.4. The molecule has 0 atom stereocenters. The molecule has 1 aromatic carbocycles. The van der Waals surface area contributed by atoms with Crippen molar-refractivity contribution < 1.29 is 24.0 Å². The molecule has 0 unspecified atom stereocenters. The van der Waals surface area contributed by atoms with Gasteiger partial charge in [0.2, 0.25) is 0 Å². The molecule has 1 heterocycles. The van der Waals surface area contributed by atoms with Crippen LogP contribution >= 0.6 is 0 Å². The Hall–Kier alpha value is -1.86. The first-order valence-corrected chi connectivity index (χ1v) is 6.09. The molecule has 0 spiro atoms. The molecule has 106 valence electrons. The van der Waals surface area contributed by atoms with Crippen LogP contribution in [0.25, 0.3) is 10.9 Å². The van der Waals surface area contributed by atoms with Gasteiger partial charge in [-0.2, -0.15) is 0 Å². The average Bonchev–Trinajstić information content (AvgIpc) is 2.65. The van der Waals surface area contributed by atoms with Crippen LogP contribution in [0.5, 0.6) is 0 Å². The Bertz CT molecular complexity index is 660. The van der Waals surface area contributed by atoms with Crippen LogP contribution in [-0.4, -0.2) is 33.4 Å². The molecule has 2 aromatic rings. The number of ether oxygens (including phenoxy) is 1. The zero-order valence-electron chi connectivity index (χ0n) is 11.4. The van der Waals surface area contributed by atoms with Gasteiger partial charge in [0, 0.05) is 17.0 Å². The molecule has 2 N–H and O–H groups in total. The number of nitrogens with zero attached hydrogens (tertiary/aromatic N) is 1. The molecule has 0 saturated carbocycles. The molecule has 5 nitrogen and oxygen atoms in total. The molecule has 0 aliphatic rings. The minimum atomic E-state index is -1.80. The molecule has 0 fully saturated rings. The predicted molar refractivity (Wildman–Crippen MR) is 73.4 cm³/mol. The van der Waals surface area contributed by atoms with Crippen molar-refractivity contribution in [2.75, 3.05) is 0 Å². The van der Waals surface area contributed by atoms with E-state index in [1.165, 1.54) is 18.3 Å². The lowest BCUT2D eigenvalue weighted by Gasteiger charge is -2.19. The van der Waals surface area contributed by atoms with Gasteiger partial charge < -0.3 is 14.8 Å². The van der Waals surface area contributed by atoms with Crippen LogP contribution in [0.2, 0.25) is 0 Å². The van der Waals surface area contributed by atoms with Crippen LogP contribution in [0.4, 0.5) is 9.18 Å². The first-order valence-electron chi connectivity index (χ1n) is 6.09. The van der Waals surface area contributed by atoms with Gasteiger partial charge in [-0.05, 0) is 39.0 Å². The topological polar surface area (TPSA) is 71.7 Å². The SMILES string of the molecule is CC(C)(C)OC(=O)n1cc(B(O)O)c2cc(F)ccc21. The van der Waals surface area contributed by atoms with E-state index < -0.39 is 24.6 Å². The van der Waals surface area contributed by atoms with Crippen LogP contribution < -0.4 is 5.46 Å². The second-order valence-corrected chi connectivity index (χ2v) is 5.47. The van der Waals surface area contributed by atoms with Gasteiger partial charge in [0.15, 0.2) is 0 Å². The molecule has 1 aromatic heterocycles. The minimum absolute atomic E-state index is 0.0466. The Labute approximate surface area is 115 Å². The number of rotatable bonds is 1. The Morgan fingerprint density at radius 2 is 2.00 bits per heavy atom. The molecule has 0 saturated heterocycles. The number of carbonyl (C=O) groups is 1. The van der Waals surface area contributed by atoms with Gasteiger partial charge in [-0.15, -0.1) is 0 Å². The summed E-state index contributed by atoms with van der Waals surface area (Å²) >= 11 is 0. The van der Waals surface area contributed by atoms with Crippen LogP contribution in [0.15, 0.2) is 24.4 Å². The molecular formula is C13H15BFNO4. The van der Waals surface area contributed by atoms with Gasteiger partial charge in [0.05, 0.1) is 5.52 Å². The number of halogens is 1. The zero-order chi connectivity index (χ0) is 15.1. The summed E-state index contributed by atoms with van der Waals surface area (Å²) in [6.45, 7) is 5.16. The first-order chi connectivity index (χ1) is 9.19. The van der Waals surface area contributed by atoms with Crippen LogP contribution in [-0.2, 0) is 4.74 Å². The average molecular weight is 279 g/mol. The van der Waals surface area contributed by atoms with Gasteiger partial charge in [-0.1, -0.05) is 0 Å². The molecule has 0 amide bonds. The predicted octanol–water partition coefficient (Wildman–Crippen LogP) is 1.24. The van der Waals surface area contributed by atoms with E-state index in [-0.39, 0.29) is 10.8 Å². The van der Waals surface area contributed by atoms with E-state index in [1.54, 1.807) is 20.8 Å². The lowest BCUT2D eigenvalue weighted by atomic mass is 9.80. The summed E-state index contributed by atoms with van der Waals surface area (Å²) in [5.41, 5.74) is -0.291. The largest absolute Gasteiger partial charge is 0.490 e. The maximum absolute atomic E-state index is 13.3. The molecule has 0 bridgehead atoms. The van der Waals surface area contributed by atoms with E-state index in [0.717, 1.165) is 10.6 Å². The van der Waals surface area contributed by atoms with E-state index in [4.69, 9.17) is 4.74 Å². The van der Waals surface area contributed by atoms with Gasteiger partial charge >= 0.3 is 13.2 Å². The number of aromatic nitrogens is 1. The second-order valence-electron chi connectivity index (χ2n) is 5.47. The number of benzene rings is 1. The fourth-order valence-electron chi connectivity index (χ4n) is 1.90. The van der Waals surface area contributed by atoms with Crippen LogP contribution in [0.1, 0.15) is 20.8 Å². The molecular weight excluding hydrogens is 264 g/mol. The van der Waals surface area contributed by atoms with Crippen molar-refractivity contribution in [2.24, 2.45) is 0 Å². The summed E-state index contributed by atoms with van der Waals surface area (Å²) in [7, 11) is -1.80.